The number of carbonyl (C=O) groups excluding carboxylic acids is 1. The Balaban J connectivity index is 2.50. The lowest BCUT2D eigenvalue weighted by atomic mass is 10.1. The van der Waals surface area contributed by atoms with Gasteiger partial charge < -0.3 is 15.7 Å². The van der Waals surface area contributed by atoms with E-state index in [1.54, 1.807) is 18.2 Å². The molecule has 1 aromatic rings. The van der Waals surface area contributed by atoms with Gasteiger partial charge in [0.25, 0.3) is 0 Å². The zero-order valence-electron chi connectivity index (χ0n) is 11.3. The Bertz CT molecular complexity index is 442. The molecule has 0 unspecified atom stereocenters. The van der Waals surface area contributed by atoms with Gasteiger partial charge in [-0.1, -0.05) is 26.0 Å². The van der Waals surface area contributed by atoms with Gasteiger partial charge in [-0.05, 0) is 30.5 Å². The molecule has 0 bridgehead atoms. The Labute approximate surface area is 113 Å². The average molecular weight is 264 g/mol. The van der Waals surface area contributed by atoms with E-state index in [4.69, 9.17) is 5.11 Å². The van der Waals surface area contributed by atoms with E-state index in [-0.39, 0.29) is 17.6 Å². The number of hydrogen-bond acceptors (Lipinski definition) is 2. The highest BCUT2D eigenvalue weighted by atomic mass is 16.4. The molecule has 0 aliphatic carbocycles. The molecule has 3 N–H and O–H groups in total. The summed E-state index contributed by atoms with van der Waals surface area (Å²) in [5.41, 5.74) is 0.985. The summed E-state index contributed by atoms with van der Waals surface area (Å²) >= 11 is 0. The number of rotatable bonds is 6. The van der Waals surface area contributed by atoms with Gasteiger partial charge in [-0.15, -0.1) is 0 Å². The minimum Gasteiger partial charge on any atom is -0.478 e. The highest BCUT2D eigenvalue weighted by molar-refractivity contribution is 5.87. The lowest BCUT2D eigenvalue weighted by Crippen LogP contribution is -2.41. The van der Waals surface area contributed by atoms with E-state index in [9.17, 15) is 9.59 Å². The van der Waals surface area contributed by atoms with Crippen molar-refractivity contribution in [3.05, 3.63) is 35.4 Å². The predicted octanol–water partition coefficient (Wildman–Crippen LogP) is 2.37. The molecular formula is C14H20N2O3. The summed E-state index contributed by atoms with van der Waals surface area (Å²) in [6.07, 6.45) is 1.77. The molecular weight excluding hydrogens is 244 g/mol. The molecule has 1 rings (SSSR count). The molecule has 0 radical (unpaired) electrons. The second kappa shape index (κ2) is 7.41. The van der Waals surface area contributed by atoms with E-state index in [1.165, 1.54) is 6.07 Å². The van der Waals surface area contributed by atoms with Crippen LogP contribution in [0.1, 0.15) is 42.6 Å². The van der Waals surface area contributed by atoms with E-state index in [0.717, 1.165) is 18.4 Å². The third-order valence-corrected chi connectivity index (χ3v) is 2.95. The topological polar surface area (TPSA) is 78.4 Å². The van der Waals surface area contributed by atoms with Crippen LogP contribution in [0, 0.1) is 0 Å². The first kappa shape index (κ1) is 15.0. The first-order valence-electron chi connectivity index (χ1n) is 6.43. The summed E-state index contributed by atoms with van der Waals surface area (Å²) in [6.45, 7) is 4.35. The van der Waals surface area contributed by atoms with Crippen LogP contribution in [0.2, 0.25) is 0 Å². The van der Waals surface area contributed by atoms with Gasteiger partial charge in [0.2, 0.25) is 0 Å². The number of carbonyl (C=O) groups is 2. The zero-order valence-corrected chi connectivity index (χ0v) is 11.3. The highest BCUT2D eigenvalue weighted by Crippen LogP contribution is 2.05. The molecule has 5 heteroatoms. The van der Waals surface area contributed by atoms with Gasteiger partial charge in [-0.2, -0.15) is 0 Å². The van der Waals surface area contributed by atoms with Gasteiger partial charge in [-0.3, -0.25) is 0 Å². The van der Waals surface area contributed by atoms with Crippen molar-refractivity contribution in [2.24, 2.45) is 0 Å². The number of amides is 2. The SMILES string of the molecule is CCC(CC)NC(=O)NCc1cccc(C(=O)O)c1. The number of urea groups is 1. The largest absolute Gasteiger partial charge is 0.478 e. The molecule has 0 aromatic heterocycles. The molecule has 0 saturated heterocycles. The number of aromatic carboxylic acids is 1. The van der Waals surface area contributed by atoms with Crippen molar-refractivity contribution < 1.29 is 14.7 Å². The number of carboxylic acids is 1. The van der Waals surface area contributed by atoms with Crippen molar-refractivity contribution in [2.75, 3.05) is 0 Å². The summed E-state index contributed by atoms with van der Waals surface area (Å²) in [4.78, 5) is 22.4. The second-order valence-corrected chi connectivity index (χ2v) is 4.35. The van der Waals surface area contributed by atoms with E-state index in [0.29, 0.717) is 6.54 Å². The molecule has 0 heterocycles. The second-order valence-electron chi connectivity index (χ2n) is 4.35. The van der Waals surface area contributed by atoms with Crippen molar-refractivity contribution in [1.29, 1.82) is 0 Å². The third kappa shape index (κ3) is 4.99. The molecule has 0 atom stereocenters. The number of benzene rings is 1. The molecule has 1 aromatic carbocycles. The number of carboxylic acid groups (broad SMARTS) is 1. The van der Waals surface area contributed by atoms with Gasteiger partial charge in [0, 0.05) is 12.6 Å². The number of hydrogen-bond donors (Lipinski definition) is 3. The maximum absolute atomic E-state index is 11.6. The van der Waals surface area contributed by atoms with Crippen molar-refractivity contribution in [2.45, 2.75) is 39.3 Å². The van der Waals surface area contributed by atoms with Crippen LogP contribution >= 0.6 is 0 Å². The van der Waals surface area contributed by atoms with Crippen molar-refractivity contribution in [3.8, 4) is 0 Å². The van der Waals surface area contributed by atoms with Gasteiger partial charge in [0.05, 0.1) is 5.56 Å². The van der Waals surface area contributed by atoms with Gasteiger partial charge >= 0.3 is 12.0 Å². The normalized spacial score (nSPS) is 10.3. The fraction of sp³-hybridized carbons (Fsp3) is 0.429. The van der Waals surface area contributed by atoms with Crippen molar-refractivity contribution in [3.63, 3.8) is 0 Å². The third-order valence-electron chi connectivity index (χ3n) is 2.95. The fourth-order valence-corrected chi connectivity index (χ4v) is 1.73. The van der Waals surface area contributed by atoms with Crippen LogP contribution in [0.25, 0.3) is 0 Å². The minimum absolute atomic E-state index is 0.172. The summed E-state index contributed by atoms with van der Waals surface area (Å²) in [7, 11) is 0. The molecule has 2 amide bonds. The first-order chi connectivity index (χ1) is 9.06. The predicted molar refractivity (Wildman–Crippen MR) is 73.1 cm³/mol. The van der Waals surface area contributed by atoms with Gasteiger partial charge in [-0.25, -0.2) is 9.59 Å². The van der Waals surface area contributed by atoms with E-state index in [2.05, 4.69) is 10.6 Å². The Morgan fingerprint density at radius 1 is 1.26 bits per heavy atom. The Morgan fingerprint density at radius 3 is 2.53 bits per heavy atom. The molecule has 5 nitrogen and oxygen atoms in total. The molecule has 104 valence electrons. The molecule has 0 aliphatic rings. The fourth-order valence-electron chi connectivity index (χ4n) is 1.73. The summed E-state index contributed by atoms with van der Waals surface area (Å²) < 4.78 is 0. The first-order valence-corrected chi connectivity index (χ1v) is 6.43. The summed E-state index contributed by atoms with van der Waals surface area (Å²) in [5, 5.41) is 14.4. The van der Waals surface area contributed by atoms with Crippen LogP contribution in [-0.2, 0) is 6.54 Å². The van der Waals surface area contributed by atoms with Crippen LogP contribution in [0.15, 0.2) is 24.3 Å². The lowest BCUT2D eigenvalue weighted by molar-refractivity contribution is 0.0696. The minimum atomic E-state index is -0.969. The van der Waals surface area contributed by atoms with Crippen LogP contribution in [0.5, 0.6) is 0 Å². The zero-order chi connectivity index (χ0) is 14.3. The van der Waals surface area contributed by atoms with Crippen molar-refractivity contribution in [1.82, 2.24) is 10.6 Å². The van der Waals surface area contributed by atoms with Crippen LogP contribution in [-0.4, -0.2) is 23.1 Å². The van der Waals surface area contributed by atoms with Gasteiger partial charge in [0.1, 0.15) is 0 Å². The summed E-state index contributed by atoms with van der Waals surface area (Å²) in [5.74, 6) is -0.969. The van der Waals surface area contributed by atoms with E-state index >= 15 is 0 Å². The van der Waals surface area contributed by atoms with Crippen LogP contribution < -0.4 is 10.6 Å². The smallest absolute Gasteiger partial charge is 0.335 e. The Kier molecular flexibility index (Phi) is 5.85. The highest BCUT2D eigenvalue weighted by Gasteiger charge is 2.08. The quantitative estimate of drug-likeness (QED) is 0.738. The Hall–Kier alpha value is -2.04. The maximum atomic E-state index is 11.6. The monoisotopic (exact) mass is 264 g/mol. The van der Waals surface area contributed by atoms with E-state index in [1.807, 2.05) is 13.8 Å². The van der Waals surface area contributed by atoms with Gasteiger partial charge in [0.15, 0.2) is 0 Å². The van der Waals surface area contributed by atoms with Crippen LogP contribution in [0.4, 0.5) is 4.79 Å². The maximum Gasteiger partial charge on any atom is 0.335 e. The lowest BCUT2D eigenvalue weighted by Gasteiger charge is -2.15. The Morgan fingerprint density at radius 2 is 1.95 bits per heavy atom. The average Bonchev–Trinajstić information content (AvgIpc) is 2.42. The molecule has 0 saturated carbocycles. The standard InChI is InChI=1S/C14H20N2O3/c1-3-12(4-2)16-14(19)15-9-10-6-5-7-11(8-10)13(17)18/h5-8,12H,3-4,9H2,1-2H3,(H,17,18)(H2,15,16,19). The molecule has 19 heavy (non-hydrogen) atoms. The van der Waals surface area contributed by atoms with E-state index < -0.39 is 5.97 Å². The molecule has 0 spiro atoms. The number of nitrogens with one attached hydrogen (secondary N) is 2. The van der Waals surface area contributed by atoms with Crippen molar-refractivity contribution >= 4 is 12.0 Å². The summed E-state index contributed by atoms with van der Waals surface area (Å²) in [6, 6.07) is 6.47. The van der Waals surface area contributed by atoms with Crippen LogP contribution in [0.3, 0.4) is 0 Å². The molecule has 0 fully saturated rings. The molecule has 0 aliphatic heterocycles.